The molecule has 2 aromatic heterocycles. The lowest BCUT2D eigenvalue weighted by Gasteiger charge is -2.03. The third-order valence-electron chi connectivity index (χ3n) is 3.46. The maximum atomic E-state index is 11.9. The molecule has 0 spiro atoms. The van der Waals surface area contributed by atoms with Gasteiger partial charge in [0.1, 0.15) is 5.15 Å². The highest BCUT2D eigenvalue weighted by atomic mass is 35.5. The van der Waals surface area contributed by atoms with Crippen molar-refractivity contribution >= 4 is 46.7 Å². The lowest BCUT2D eigenvalue weighted by Crippen LogP contribution is -2.16. The van der Waals surface area contributed by atoms with Crippen LogP contribution in [-0.4, -0.2) is 21.9 Å². The van der Waals surface area contributed by atoms with Gasteiger partial charge in [0.2, 0.25) is 0 Å². The standard InChI is InChI=1S/C17H14Cl2N4OS/c1-11-14(9-20-21-17(24)15-3-2-8-25-15)16(19)23(22-11)10-12-4-6-13(18)7-5-12/h2-9H,10H2,1H3,(H,21,24)/b20-9-. The van der Waals surface area contributed by atoms with Crippen molar-refractivity contribution in [2.45, 2.75) is 13.5 Å². The molecular formula is C17H14Cl2N4OS. The summed E-state index contributed by atoms with van der Waals surface area (Å²) < 4.78 is 1.68. The first-order chi connectivity index (χ1) is 12.0. The number of hydrogen-bond donors (Lipinski definition) is 1. The van der Waals surface area contributed by atoms with Crippen molar-refractivity contribution in [1.29, 1.82) is 0 Å². The molecule has 1 aromatic carbocycles. The van der Waals surface area contributed by atoms with E-state index in [2.05, 4.69) is 15.6 Å². The Bertz CT molecular complexity index is 902. The van der Waals surface area contributed by atoms with E-state index in [1.54, 1.807) is 10.7 Å². The first-order valence-electron chi connectivity index (χ1n) is 7.39. The van der Waals surface area contributed by atoms with Gasteiger partial charge in [-0.15, -0.1) is 11.3 Å². The fraction of sp³-hybridized carbons (Fsp3) is 0.118. The van der Waals surface area contributed by atoms with Crippen LogP contribution in [0, 0.1) is 6.92 Å². The summed E-state index contributed by atoms with van der Waals surface area (Å²) in [5, 5.41) is 11.4. The molecule has 0 aliphatic heterocycles. The summed E-state index contributed by atoms with van der Waals surface area (Å²) in [5.74, 6) is -0.256. The normalized spacial score (nSPS) is 11.2. The second-order valence-electron chi connectivity index (χ2n) is 5.25. The molecule has 3 aromatic rings. The van der Waals surface area contributed by atoms with E-state index in [-0.39, 0.29) is 5.91 Å². The second kappa shape index (κ2) is 7.82. The Kier molecular flexibility index (Phi) is 5.53. The molecule has 2 heterocycles. The fourth-order valence-electron chi connectivity index (χ4n) is 2.20. The van der Waals surface area contributed by atoms with Gasteiger partial charge in [0.25, 0.3) is 5.91 Å². The summed E-state index contributed by atoms with van der Waals surface area (Å²) in [6.07, 6.45) is 1.51. The molecule has 0 saturated carbocycles. The number of carbonyl (C=O) groups excluding carboxylic acids is 1. The number of nitrogens with one attached hydrogen (secondary N) is 1. The molecule has 1 amide bonds. The lowest BCUT2D eigenvalue weighted by molar-refractivity contribution is 0.0959. The molecule has 0 atom stereocenters. The Hall–Kier alpha value is -2.15. The van der Waals surface area contributed by atoms with Crippen LogP contribution in [0.3, 0.4) is 0 Å². The lowest BCUT2D eigenvalue weighted by atomic mass is 10.2. The summed E-state index contributed by atoms with van der Waals surface area (Å²) in [6.45, 7) is 2.36. The summed E-state index contributed by atoms with van der Waals surface area (Å²) in [5.41, 5.74) is 4.91. The van der Waals surface area contributed by atoms with Gasteiger partial charge in [0.05, 0.1) is 28.9 Å². The first-order valence-corrected chi connectivity index (χ1v) is 9.02. The molecule has 0 aliphatic rings. The van der Waals surface area contributed by atoms with Crippen LogP contribution in [0.5, 0.6) is 0 Å². The molecule has 0 radical (unpaired) electrons. The highest BCUT2D eigenvalue weighted by Gasteiger charge is 2.12. The third kappa shape index (κ3) is 4.28. The zero-order chi connectivity index (χ0) is 17.8. The third-order valence-corrected chi connectivity index (χ3v) is 4.98. The van der Waals surface area contributed by atoms with E-state index in [1.807, 2.05) is 42.6 Å². The monoisotopic (exact) mass is 392 g/mol. The Morgan fingerprint density at radius 3 is 2.76 bits per heavy atom. The average Bonchev–Trinajstić information content (AvgIpc) is 3.21. The van der Waals surface area contributed by atoms with Gasteiger partial charge >= 0.3 is 0 Å². The summed E-state index contributed by atoms with van der Waals surface area (Å²) in [4.78, 5) is 12.5. The second-order valence-corrected chi connectivity index (χ2v) is 6.99. The molecule has 3 rings (SSSR count). The van der Waals surface area contributed by atoms with Crippen molar-refractivity contribution in [2.75, 3.05) is 0 Å². The zero-order valence-corrected chi connectivity index (χ0v) is 15.6. The molecule has 1 N–H and O–H groups in total. The molecule has 0 bridgehead atoms. The van der Waals surface area contributed by atoms with Crippen molar-refractivity contribution in [3.8, 4) is 0 Å². The fourth-order valence-corrected chi connectivity index (χ4v) is 3.22. The van der Waals surface area contributed by atoms with Crippen molar-refractivity contribution < 1.29 is 4.79 Å². The van der Waals surface area contributed by atoms with Gasteiger partial charge in [-0.1, -0.05) is 41.4 Å². The van der Waals surface area contributed by atoms with Gasteiger partial charge in [-0.05, 0) is 36.1 Å². The van der Waals surface area contributed by atoms with Crippen molar-refractivity contribution in [1.82, 2.24) is 15.2 Å². The molecule has 0 fully saturated rings. The van der Waals surface area contributed by atoms with Gasteiger partial charge in [0, 0.05) is 5.02 Å². The number of hydrazone groups is 1. The van der Waals surface area contributed by atoms with Crippen LogP contribution >= 0.6 is 34.5 Å². The summed E-state index contributed by atoms with van der Waals surface area (Å²) in [7, 11) is 0. The van der Waals surface area contributed by atoms with E-state index in [0.717, 1.165) is 11.3 Å². The Morgan fingerprint density at radius 2 is 2.08 bits per heavy atom. The maximum Gasteiger partial charge on any atom is 0.281 e. The van der Waals surface area contributed by atoms with Crippen LogP contribution in [0.1, 0.15) is 26.5 Å². The number of amides is 1. The van der Waals surface area contributed by atoms with Crippen LogP contribution in [0.25, 0.3) is 0 Å². The molecule has 0 unspecified atom stereocenters. The number of hydrogen-bond acceptors (Lipinski definition) is 4. The molecule has 25 heavy (non-hydrogen) atoms. The van der Waals surface area contributed by atoms with E-state index >= 15 is 0 Å². The predicted molar refractivity (Wildman–Crippen MR) is 102 cm³/mol. The minimum Gasteiger partial charge on any atom is -0.266 e. The van der Waals surface area contributed by atoms with E-state index in [9.17, 15) is 4.79 Å². The molecular weight excluding hydrogens is 379 g/mol. The largest absolute Gasteiger partial charge is 0.281 e. The first kappa shape index (κ1) is 17.7. The molecule has 0 aliphatic carbocycles. The van der Waals surface area contributed by atoms with Crippen LogP contribution in [-0.2, 0) is 6.54 Å². The Labute approximate surface area is 158 Å². The highest BCUT2D eigenvalue weighted by Crippen LogP contribution is 2.20. The zero-order valence-electron chi connectivity index (χ0n) is 13.2. The Morgan fingerprint density at radius 1 is 1.32 bits per heavy atom. The predicted octanol–water partition coefficient (Wildman–Crippen LogP) is 4.37. The van der Waals surface area contributed by atoms with E-state index < -0.39 is 0 Å². The van der Waals surface area contributed by atoms with Crippen LogP contribution < -0.4 is 5.43 Å². The van der Waals surface area contributed by atoms with Crippen LogP contribution in [0.2, 0.25) is 10.2 Å². The minimum atomic E-state index is -0.256. The van der Waals surface area contributed by atoms with Gasteiger partial charge in [-0.2, -0.15) is 10.2 Å². The molecule has 5 nitrogen and oxygen atoms in total. The number of thiophene rings is 1. The minimum absolute atomic E-state index is 0.256. The van der Waals surface area contributed by atoms with E-state index in [0.29, 0.717) is 27.2 Å². The van der Waals surface area contributed by atoms with Crippen LogP contribution in [0.15, 0.2) is 46.9 Å². The average molecular weight is 393 g/mol. The number of aryl methyl sites for hydroxylation is 1. The number of nitrogens with zero attached hydrogens (tertiary/aromatic N) is 3. The van der Waals surface area contributed by atoms with Crippen molar-refractivity contribution in [2.24, 2.45) is 5.10 Å². The molecule has 8 heteroatoms. The molecule has 128 valence electrons. The van der Waals surface area contributed by atoms with Gasteiger partial charge in [-0.3, -0.25) is 4.79 Å². The van der Waals surface area contributed by atoms with Gasteiger partial charge in [-0.25, -0.2) is 10.1 Å². The van der Waals surface area contributed by atoms with Crippen molar-refractivity contribution in [3.63, 3.8) is 0 Å². The van der Waals surface area contributed by atoms with E-state index in [4.69, 9.17) is 23.2 Å². The number of rotatable bonds is 5. The highest BCUT2D eigenvalue weighted by molar-refractivity contribution is 7.12. The van der Waals surface area contributed by atoms with Crippen LogP contribution in [0.4, 0.5) is 0 Å². The quantitative estimate of drug-likeness (QED) is 0.517. The Balaban J connectivity index is 1.72. The smallest absolute Gasteiger partial charge is 0.266 e. The number of halogens is 2. The van der Waals surface area contributed by atoms with Gasteiger partial charge < -0.3 is 0 Å². The SMILES string of the molecule is Cc1nn(Cc2ccc(Cl)cc2)c(Cl)c1/C=N\NC(=O)c1cccs1. The number of aromatic nitrogens is 2. The summed E-state index contributed by atoms with van der Waals surface area (Å²) in [6, 6.07) is 11.0. The summed E-state index contributed by atoms with van der Waals surface area (Å²) >= 11 is 13.6. The number of carbonyl (C=O) groups is 1. The topological polar surface area (TPSA) is 59.3 Å². The maximum absolute atomic E-state index is 11.9. The number of benzene rings is 1. The van der Waals surface area contributed by atoms with E-state index in [1.165, 1.54) is 17.6 Å². The van der Waals surface area contributed by atoms with Gasteiger partial charge in [0.15, 0.2) is 0 Å². The molecule has 0 saturated heterocycles. The van der Waals surface area contributed by atoms with Crippen molar-refractivity contribution in [3.05, 3.63) is 73.7 Å².